The summed E-state index contributed by atoms with van der Waals surface area (Å²) >= 11 is 1.56. The van der Waals surface area contributed by atoms with Gasteiger partial charge in [0.15, 0.2) is 0 Å². The Morgan fingerprint density at radius 3 is 2.65 bits per heavy atom. The summed E-state index contributed by atoms with van der Waals surface area (Å²) in [5, 5.41) is 8.58. The second kappa shape index (κ2) is 7.56. The van der Waals surface area contributed by atoms with Crippen LogP contribution in [0.5, 0.6) is 5.75 Å². The minimum Gasteiger partial charge on any atom is -0.493 e. The van der Waals surface area contributed by atoms with E-state index >= 15 is 0 Å². The number of ether oxygens (including phenoxy) is 1. The molecule has 2 aromatic rings. The first-order valence-corrected chi connectivity index (χ1v) is 7.23. The summed E-state index contributed by atoms with van der Waals surface area (Å²) in [6, 6.07) is 16.1. The lowest BCUT2D eigenvalue weighted by atomic mass is 10.2. The van der Waals surface area contributed by atoms with Gasteiger partial charge in [-0.05, 0) is 35.9 Å². The summed E-state index contributed by atoms with van der Waals surface area (Å²) in [7, 11) is 0. The maximum Gasteiger partial charge on any atom is 0.124 e. The lowest BCUT2D eigenvalue weighted by Gasteiger charge is -2.06. The molecule has 0 amide bonds. The number of thioether (sulfide) groups is 1. The molecule has 0 N–H and O–H groups in total. The molecule has 0 unspecified atom stereocenters. The number of rotatable bonds is 6. The molecule has 0 aliphatic carbocycles. The van der Waals surface area contributed by atoms with E-state index in [9.17, 15) is 4.39 Å². The highest BCUT2D eigenvalue weighted by Crippen LogP contribution is 2.19. The van der Waals surface area contributed by atoms with Crippen LogP contribution >= 0.6 is 11.8 Å². The zero-order valence-corrected chi connectivity index (χ0v) is 11.7. The highest BCUT2D eigenvalue weighted by Gasteiger charge is 1.98. The van der Waals surface area contributed by atoms with Gasteiger partial charge in [-0.25, -0.2) is 4.39 Å². The summed E-state index contributed by atoms with van der Waals surface area (Å²) < 4.78 is 18.6. The standard InChI is InChI=1S/C16H14FNOS/c17-14-2-1-3-16(12-14)20-11-10-19-15-6-4-13(5-7-15)8-9-18/h1-7,12H,8,10-11H2. The van der Waals surface area contributed by atoms with E-state index in [4.69, 9.17) is 10.00 Å². The average molecular weight is 287 g/mol. The van der Waals surface area contributed by atoms with E-state index < -0.39 is 0 Å². The van der Waals surface area contributed by atoms with Crippen LogP contribution in [0.1, 0.15) is 5.56 Å². The average Bonchev–Trinajstić information content (AvgIpc) is 2.46. The number of benzene rings is 2. The molecule has 20 heavy (non-hydrogen) atoms. The highest BCUT2D eigenvalue weighted by molar-refractivity contribution is 7.99. The Hall–Kier alpha value is -1.99. The Labute approximate surface area is 122 Å². The van der Waals surface area contributed by atoms with E-state index in [0.29, 0.717) is 13.0 Å². The first kappa shape index (κ1) is 14.4. The van der Waals surface area contributed by atoms with Crippen LogP contribution in [0.3, 0.4) is 0 Å². The molecule has 0 aliphatic heterocycles. The van der Waals surface area contributed by atoms with Gasteiger partial charge < -0.3 is 4.74 Å². The summed E-state index contributed by atoms with van der Waals surface area (Å²) in [5.74, 6) is 1.32. The number of nitrogens with zero attached hydrogens (tertiary/aromatic N) is 1. The van der Waals surface area contributed by atoms with E-state index in [0.717, 1.165) is 22.0 Å². The normalized spacial score (nSPS) is 10.0. The van der Waals surface area contributed by atoms with Gasteiger partial charge in [-0.3, -0.25) is 0 Å². The van der Waals surface area contributed by atoms with E-state index in [1.807, 2.05) is 30.3 Å². The van der Waals surface area contributed by atoms with Crippen LogP contribution in [0.25, 0.3) is 0 Å². The van der Waals surface area contributed by atoms with Crippen molar-refractivity contribution >= 4 is 11.8 Å². The Balaban J connectivity index is 1.74. The van der Waals surface area contributed by atoms with Crippen molar-refractivity contribution in [3.05, 3.63) is 59.9 Å². The van der Waals surface area contributed by atoms with Gasteiger partial charge in [0.25, 0.3) is 0 Å². The lowest BCUT2D eigenvalue weighted by Crippen LogP contribution is -2.00. The molecule has 0 atom stereocenters. The number of hydrogen-bond acceptors (Lipinski definition) is 3. The zero-order valence-electron chi connectivity index (χ0n) is 10.9. The summed E-state index contributed by atoms with van der Waals surface area (Å²) in [6.45, 7) is 0.554. The third kappa shape index (κ3) is 4.60. The van der Waals surface area contributed by atoms with Gasteiger partial charge >= 0.3 is 0 Å². The maximum atomic E-state index is 13.0. The van der Waals surface area contributed by atoms with Gasteiger partial charge in [0, 0.05) is 10.6 Å². The second-order valence-electron chi connectivity index (χ2n) is 4.13. The van der Waals surface area contributed by atoms with Crippen LogP contribution < -0.4 is 4.74 Å². The van der Waals surface area contributed by atoms with Crippen molar-refractivity contribution in [3.63, 3.8) is 0 Å². The van der Waals surface area contributed by atoms with Gasteiger partial charge in [-0.1, -0.05) is 18.2 Å². The van der Waals surface area contributed by atoms with E-state index in [1.54, 1.807) is 17.8 Å². The molecule has 0 aliphatic rings. The van der Waals surface area contributed by atoms with Crippen LogP contribution in [0, 0.1) is 17.1 Å². The molecule has 0 saturated carbocycles. The summed E-state index contributed by atoms with van der Waals surface area (Å²) in [6.07, 6.45) is 0.412. The Kier molecular flexibility index (Phi) is 5.45. The van der Waals surface area contributed by atoms with Crippen LogP contribution in [-0.2, 0) is 6.42 Å². The molecular formula is C16H14FNOS. The van der Waals surface area contributed by atoms with Gasteiger partial charge in [-0.15, -0.1) is 11.8 Å². The maximum absolute atomic E-state index is 13.0. The molecule has 102 valence electrons. The third-order valence-corrected chi connectivity index (χ3v) is 3.58. The summed E-state index contributed by atoms with van der Waals surface area (Å²) in [4.78, 5) is 0.901. The zero-order chi connectivity index (χ0) is 14.2. The van der Waals surface area contributed by atoms with Crippen molar-refractivity contribution in [2.45, 2.75) is 11.3 Å². The van der Waals surface area contributed by atoms with Gasteiger partial charge in [0.05, 0.1) is 19.1 Å². The topological polar surface area (TPSA) is 33.0 Å². The molecule has 0 saturated heterocycles. The quantitative estimate of drug-likeness (QED) is 0.593. The van der Waals surface area contributed by atoms with Crippen molar-refractivity contribution in [3.8, 4) is 11.8 Å². The van der Waals surface area contributed by atoms with Crippen molar-refractivity contribution in [2.75, 3.05) is 12.4 Å². The van der Waals surface area contributed by atoms with Crippen molar-refractivity contribution in [2.24, 2.45) is 0 Å². The Morgan fingerprint density at radius 1 is 1.15 bits per heavy atom. The van der Waals surface area contributed by atoms with Crippen LogP contribution in [0.15, 0.2) is 53.4 Å². The van der Waals surface area contributed by atoms with Crippen molar-refractivity contribution in [1.29, 1.82) is 5.26 Å². The minimum atomic E-state index is -0.219. The highest BCUT2D eigenvalue weighted by atomic mass is 32.2. The Morgan fingerprint density at radius 2 is 1.95 bits per heavy atom. The fraction of sp³-hybridized carbons (Fsp3) is 0.188. The monoisotopic (exact) mass is 287 g/mol. The molecule has 0 heterocycles. The van der Waals surface area contributed by atoms with E-state index in [-0.39, 0.29) is 5.82 Å². The van der Waals surface area contributed by atoms with E-state index in [2.05, 4.69) is 6.07 Å². The predicted octanol–water partition coefficient (Wildman–Crippen LogP) is 4.06. The fourth-order valence-electron chi connectivity index (χ4n) is 1.67. The van der Waals surface area contributed by atoms with Crippen molar-refractivity contribution in [1.82, 2.24) is 0 Å². The van der Waals surface area contributed by atoms with E-state index in [1.165, 1.54) is 12.1 Å². The molecule has 2 rings (SSSR count). The van der Waals surface area contributed by atoms with Crippen LogP contribution in [0.2, 0.25) is 0 Å². The molecule has 2 nitrogen and oxygen atoms in total. The summed E-state index contributed by atoms with van der Waals surface area (Å²) in [5.41, 5.74) is 0.981. The van der Waals surface area contributed by atoms with Gasteiger partial charge in [-0.2, -0.15) is 5.26 Å². The molecule has 0 aromatic heterocycles. The Bertz CT molecular complexity index is 592. The lowest BCUT2D eigenvalue weighted by molar-refractivity contribution is 0.344. The second-order valence-corrected chi connectivity index (χ2v) is 5.30. The van der Waals surface area contributed by atoms with Crippen LogP contribution in [-0.4, -0.2) is 12.4 Å². The molecule has 0 radical (unpaired) electrons. The van der Waals surface area contributed by atoms with Gasteiger partial charge in [0.2, 0.25) is 0 Å². The number of hydrogen-bond donors (Lipinski definition) is 0. The predicted molar refractivity (Wildman–Crippen MR) is 78.4 cm³/mol. The smallest absolute Gasteiger partial charge is 0.124 e. The first-order chi connectivity index (χ1) is 9.78. The molecular weight excluding hydrogens is 273 g/mol. The minimum absolute atomic E-state index is 0.219. The number of nitriles is 1. The molecule has 2 aromatic carbocycles. The largest absolute Gasteiger partial charge is 0.493 e. The number of halogens is 1. The molecule has 0 fully saturated rings. The van der Waals surface area contributed by atoms with Crippen LogP contribution in [0.4, 0.5) is 4.39 Å². The van der Waals surface area contributed by atoms with Gasteiger partial charge in [0.1, 0.15) is 11.6 Å². The SMILES string of the molecule is N#CCc1ccc(OCCSc2cccc(F)c2)cc1. The fourth-order valence-corrected chi connectivity index (χ4v) is 2.44. The molecule has 0 spiro atoms. The molecule has 4 heteroatoms. The van der Waals surface area contributed by atoms with Crippen molar-refractivity contribution < 1.29 is 9.13 Å². The molecule has 0 bridgehead atoms. The first-order valence-electron chi connectivity index (χ1n) is 6.25. The third-order valence-electron chi connectivity index (χ3n) is 2.62.